The molecule has 1 unspecified atom stereocenters. The molecule has 0 aliphatic rings. The van der Waals surface area contributed by atoms with Gasteiger partial charge < -0.3 is 0 Å². The fraction of sp³-hybridized carbons (Fsp3) is 0.167. The van der Waals surface area contributed by atoms with E-state index in [1.807, 2.05) is 0 Å². The van der Waals surface area contributed by atoms with Gasteiger partial charge in [-0.15, -0.1) is 0 Å². The number of rotatable bonds is 3. The normalized spacial score (nSPS) is 13.2. The van der Waals surface area contributed by atoms with E-state index in [2.05, 4.69) is 9.97 Å². The van der Waals surface area contributed by atoms with E-state index in [1.165, 1.54) is 18.2 Å². The van der Waals surface area contributed by atoms with Crippen LogP contribution in [0.25, 0.3) is 0 Å². The van der Waals surface area contributed by atoms with Gasteiger partial charge >= 0.3 is 6.18 Å². The van der Waals surface area contributed by atoms with Crippen molar-refractivity contribution in [1.29, 1.82) is 0 Å². The Hall–Kier alpha value is -1.05. The number of hydrogen-bond donors (Lipinski definition) is 0. The highest BCUT2D eigenvalue weighted by atomic mass is 35.5. The highest BCUT2D eigenvalue weighted by molar-refractivity contribution is 7.99. The topological polar surface area (TPSA) is 25.8 Å². The second kappa shape index (κ2) is 6.37. The molecule has 0 fully saturated rings. The summed E-state index contributed by atoms with van der Waals surface area (Å²) in [6.07, 6.45) is -4.69. The second-order valence-corrected chi connectivity index (χ2v) is 5.70. The Bertz CT molecular complexity index is 631. The van der Waals surface area contributed by atoms with Gasteiger partial charge in [-0.25, -0.2) is 14.4 Å². The average Bonchev–Trinajstić information content (AvgIpc) is 2.34. The van der Waals surface area contributed by atoms with Crippen molar-refractivity contribution in [2.45, 2.75) is 16.6 Å². The minimum Gasteiger partial charge on any atom is -0.210 e. The maximum atomic E-state index is 13.6. The lowest BCUT2D eigenvalue weighted by Crippen LogP contribution is -2.19. The molecular weight excluding hydrogens is 351 g/mol. The molecule has 0 aliphatic carbocycles. The van der Waals surface area contributed by atoms with Crippen molar-refractivity contribution in [2.24, 2.45) is 0 Å². The SMILES string of the molecule is Fc1ccccc1C(Sc1nc(Cl)cc(Cl)n1)C(F)(F)F. The van der Waals surface area contributed by atoms with E-state index in [1.54, 1.807) is 0 Å². The first-order valence-electron chi connectivity index (χ1n) is 5.45. The monoisotopic (exact) mass is 356 g/mol. The largest absolute Gasteiger partial charge is 0.405 e. The van der Waals surface area contributed by atoms with Gasteiger partial charge in [-0.2, -0.15) is 13.2 Å². The number of nitrogens with zero attached hydrogens (tertiary/aromatic N) is 2. The first kappa shape index (κ1) is 16.3. The average molecular weight is 357 g/mol. The molecule has 0 radical (unpaired) electrons. The Balaban J connectivity index is 2.41. The molecule has 1 aromatic carbocycles. The van der Waals surface area contributed by atoms with Crippen molar-refractivity contribution >= 4 is 35.0 Å². The molecule has 9 heteroatoms. The Kier molecular flexibility index (Phi) is 4.95. The van der Waals surface area contributed by atoms with Crippen molar-refractivity contribution in [2.75, 3.05) is 0 Å². The summed E-state index contributed by atoms with van der Waals surface area (Å²) in [5, 5.41) is -2.62. The summed E-state index contributed by atoms with van der Waals surface area (Å²) < 4.78 is 53.1. The lowest BCUT2D eigenvalue weighted by Gasteiger charge is -2.19. The number of halogens is 6. The smallest absolute Gasteiger partial charge is 0.210 e. The van der Waals surface area contributed by atoms with Gasteiger partial charge in [0.2, 0.25) is 0 Å². The van der Waals surface area contributed by atoms with Gasteiger partial charge in [0.1, 0.15) is 21.4 Å². The number of benzene rings is 1. The molecule has 2 aromatic rings. The highest BCUT2D eigenvalue weighted by Gasteiger charge is 2.43. The molecule has 0 saturated heterocycles. The lowest BCUT2D eigenvalue weighted by molar-refractivity contribution is -0.130. The van der Waals surface area contributed by atoms with Crippen molar-refractivity contribution in [3.05, 3.63) is 52.0 Å². The van der Waals surface area contributed by atoms with Gasteiger partial charge in [0.15, 0.2) is 5.16 Å². The standard InChI is InChI=1S/C12H6Cl2F4N2S/c13-8-5-9(14)20-11(19-8)21-10(12(16,17)18)6-3-1-2-4-7(6)15/h1-5,10H. The zero-order valence-corrected chi connectivity index (χ0v) is 12.4. The molecular formula is C12H6Cl2F4N2S. The summed E-state index contributed by atoms with van der Waals surface area (Å²) in [7, 11) is 0. The lowest BCUT2D eigenvalue weighted by atomic mass is 10.1. The summed E-state index contributed by atoms with van der Waals surface area (Å²) in [4.78, 5) is 7.31. The van der Waals surface area contributed by atoms with Crippen LogP contribution < -0.4 is 0 Å². The summed E-state index contributed by atoms with van der Waals surface area (Å²) in [5.41, 5.74) is -0.505. The molecule has 0 amide bonds. The zero-order chi connectivity index (χ0) is 15.6. The van der Waals surface area contributed by atoms with Gasteiger partial charge in [0.05, 0.1) is 0 Å². The predicted octanol–water partition coefficient (Wildman–Crippen LogP) is 5.32. The van der Waals surface area contributed by atoms with E-state index in [-0.39, 0.29) is 27.2 Å². The van der Waals surface area contributed by atoms with Crippen LogP contribution in [0.3, 0.4) is 0 Å². The Morgan fingerprint density at radius 1 is 1.05 bits per heavy atom. The van der Waals surface area contributed by atoms with Gasteiger partial charge in [-0.3, -0.25) is 0 Å². The molecule has 1 atom stereocenters. The number of aromatic nitrogens is 2. The summed E-state index contributed by atoms with van der Waals surface area (Å²) in [5.74, 6) is -0.958. The van der Waals surface area contributed by atoms with Crippen molar-refractivity contribution in [3.63, 3.8) is 0 Å². The van der Waals surface area contributed by atoms with E-state index in [0.717, 1.165) is 12.1 Å². The number of hydrogen-bond acceptors (Lipinski definition) is 3. The minimum absolute atomic E-state index is 0.0908. The van der Waals surface area contributed by atoms with Crippen LogP contribution in [-0.4, -0.2) is 16.1 Å². The van der Waals surface area contributed by atoms with E-state index in [9.17, 15) is 17.6 Å². The van der Waals surface area contributed by atoms with E-state index >= 15 is 0 Å². The second-order valence-electron chi connectivity index (χ2n) is 3.86. The molecule has 21 heavy (non-hydrogen) atoms. The van der Waals surface area contributed by atoms with E-state index in [4.69, 9.17) is 23.2 Å². The maximum absolute atomic E-state index is 13.6. The summed E-state index contributed by atoms with van der Waals surface area (Å²) in [6.45, 7) is 0. The molecule has 2 rings (SSSR count). The number of alkyl halides is 3. The minimum atomic E-state index is -4.69. The molecule has 0 spiro atoms. The third-order valence-electron chi connectivity index (χ3n) is 2.35. The quantitative estimate of drug-likeness (QED) is 0.322. The van der Waals surface area contributed by atoms with Gasteiger partial charge in [0, 0.05) is 11.6 Å². The van der Waals surface area contributed by atoms with E-state index < -0.39 is 22.8 Å². The van der Waals surface area contributed by atoms with Crippen LogP contribution in [0, 0.1) is 5.82 Å². The van der Waals surface area contributed by atoms with Crippen LogP contribution in [0.15, 0.2) is 35.5 Å². The van der Waals surface area contributed by atoms with Crippen LogP contribution in [-0.2, 0) is 0 Å². The molecule has 0 saturated carbocycles. The number of thioether (sulfide) groups is 1. The first-order valence-corrected chi connectivity index (χ1v) is 7.09. The third-order valence-corrected chi connectivity index (χ3v) is 3.89. The molecule has 1 aromatic heterocycles. The van der Waals surface area contributed by atoms with Crippen LogP contribution in [0.4, 0.5) is 17.6 Å². The fourth-order valence-electron chi connectivity index (χ4n) is 1.52. The van der Waals surface area contributed by atoms with Gasteiger partial charge in [0.25, 0.3) is 0 Å². The summed E-state index contributed by atoms with van der Waals surface area (Å²) >= 11 is 11.5. The third kappa shape index (κ3) is 4.21. The van der Waals surface area contributed by atoms with Crippen molar-refractivity contribution < 1.29 is 17.6 Å². The molecule has 0 bridgehead atoms. The zero-order valence-electron chi connectivity index (χ0n) is 10.0. The van der Waals surface area contributed by atoms with E-state index in [0.29, 0.717) is 0 Å². The van der Waals surface area contributed by atoms with Crippen LogP contribution >= 0.6 is 35.0 Å². The Morgan fingerprint density at radius 3 is 2.14 bits per heavy atom. The van der Waals surface area contributed by atoms with Crippen LogP contribution in [0.2, 0.25) is 10.3 Å². The summed E-state index contributed by atoms with van der Waals surface area (Å²) in [6, 6.07) is 5.85. The van der Waals surface area contributed by atoms with Gasteiger partial charge in [-0.05, 0) is 6.07 Å². The van der Waals surface area contributed by atoms with Gasteiger partial charge in [-0.1, -0.05) is 53.2 Å². The predicted molar refractivity (Wildman–Crippen MR) is 73.1 cm³/mol. The molecule has 0 aliphatic heterocycles. The fourth-order valence-corrected chi connectivity index (χ4v) is 3.01. The molecule has 1 heterocycles. The molecule has 2 nitrogen and oxygen atoms in total. The van der Waals surface area contributed by atoms with Crippen molar-refractivity contribution in [3.8, 4) is 0 Å². The Morgan fingerprint density at radius 2 is 1.62 bits per heavy atom. The highest BCUT2D eigenvalue weighted by Crippen LogP contribution is 2.46. The van der Waals surface area contributed by atoms with Crippen molar-refractivity contribution in [1.82, 2.24) is 9.97 Å². The molecule has 112 valence electrons. The molecule has 0 N–H and O–H groups in total. The van der Waals surface area contributed by atoms with Crippen LogP contribution in [0.1, 0.15) is 10.8 Å². The first-order chi connectivity index (χ1) is 9.77. The Labute approximate surface area is 131 Å². The van der Waals surface area contributed by atoms with Crippen LogP contribution in [0.5, 0.6) is 0 Å². The maximum Gasteiger partial charge on any atom is 0.405 e.